The SMILES string of the molecule is CSCC[C@@H](NC(=O)OCC1c2ccccc2-c2ccccc21)C(=O)NC(C(=O)O)C(C)C. The topological polar surface area (TPSA) is 105 Å². The Labute approximate surface area is 198 Å². The lowest BCUT2D eigenvalue weighted by molar-refractivity contribution is -0.143. The fourth-order valence-corrected chi connectivity index (χ4v) is 4.53. The minimum absolute atomic E-state index is 0.0843. The molecule has 2 atom stereocenters. The number of fused-ring (bicyclic) bond motifs is 3. The molecule has 0 spiro atoms. The van der Waals surface area contributed by atoms with Crippen LogP contribution in [0, 0.1) is 5.92 Å². The standard InChI is InChI=1S/C25H30N2O5S/c1-15(2)22(24(29)30)27-23(28)21(12-13-33-3)26-25(31)32-14-20-18-10-6-4-8-16(18)17-9-5-7-11-19(17)20/h4-11,15,20-22H,12-14H2,1-3H3,(H,26,31)(H,27,28)(H,29,30)/t21-,22?/m1/s1. The molecule has 0 aromatic heterocycles. The summed E-state index contributed by atoms with van der Waals surface area (Å²) < 4.78 is 5.55. The normalized spacial score (nSPS) is 14.2. The molecule has 0 heterocycles. The minimum Gasteiger partial charge on any atom is -0.480 e. The number of thioether (sulfide) groups is 1. The number of rotatable bonds is 10. The number of hydrogen-bond acceptors (Lipinski definition) is 5. The van der Waals surface area contributed by atoms with Gasteiger partial charge in [0.1, 0.15) is 18.7 Å². The van der Waals surface area contributed by atoms with Gasteiger partial charge in [0.2, 0.25) is 5.91 Å². The van der Waals surface area contributed by atoms with Crippen LogP contribution in [0.3, 0.4) is 0 Å². The Hall–Kier alpha value is -3.00. The van der Waals surface area contributed by atoms with Crippen LogP contribution in [0.25, 0.3) is 11.1 Å². The number of nitrogens with one attached hydrogen (secondary N) is 2. The van der Waals surface area contributed by atoms with E-state index >= 15 is 0 Å². The Balaban J connectivity index is 1.66. The van der Waals surface area contributed by atoms with E-state index in [0.717, 1.165) is 22.3 Å². The van der Waals surface area contributed by atoms with Crippen molar-refractivity contribution in [2.24, 2.45) is 5.92 Å². The van der Waals surface area contributed by atoms with Crippen LogP contribution in [0.1, 0.15) is 37.3 Å². The highest BCUT2D eigenvalue weighted by molar-refractivity contribution is 7.98. The third kappa shape index (κ3) is 5.87. The van der Waals surface area contributed by atoms with Crippen molar-refractivity contribution in [1.29, 1.82) is 0 Å². The molecular weight excluding hydrogens is 440 g/mol. The Morgan fingerprint density at radius 2 is 1.58 bits per heavy atom. The first-order valence-electron chi connectivity index (χ1n) is 11.0. The Kier molecular flexibility index (Phi) is 8.38. The van der Waals surface area contributed by atoms with E-state index in [9.17, 15) is 19.5 Å². The molecule has 0 bridgehead atoms. The van der Waals surface area contributed by atoms with Crippen molar-refractivity contribution in [2.75, 3.05) is 18.6 Å². The first-order valence-corrected chi connectivity index (χ1v) is 12.4. The molecule has 176 valence electrons. The van der Waals surface area contributed by atoms with Gasteiger partial charge in [0, 0.05) is 5.92 Å². The zero-order valence-electron chi connectivity index (χ0n) is 19.0. The van der Waals surface area contributed by atoms with Crippen molar-refractivity contribution in [3.05, 3.63) is 59.7 Å². The molecule has 0 radical (unpaired) electrons. The fraction of sp³-hybridized carbons (Fsp3) is 0.400. The molecule has 0 saturated heterocycles. The summed E-state index contributed by atoms with van der Waals surface area (Å²) in [5.41, 5.74) is 4.47. The number of amides is 2. The molecule has 0 fully saturated rings. The Morgan fingerprint density at radius 1 is 1.00 bits per heavy atom. The fourth-order valence-electron chi connectivity index (χ4n) is 4.05. The number of benzene rings is 2. The van der Waals surface area contributed by atoms with Gasteiger partial charge in [-0.15, -0.1) is 0 Å². The maximum Gasteiger partial charge on any atom is 0.407 e. The van der Waals surface area contributed by atoms with Gasteiger partial charge in [-0.3, -0.25) is 4.79 Å². The van der Waals surface area contributed by atoms with E-state index in [-0.39, 0.29) is 18.4 Å². The predicted octanol–water partition coefficient (Wildman–Crippen LogP) is 3.87. The average molecular weight is 471 g/mol. The van der Waals surface area contributed by atoms with Crippen LogP contribution >= 0.6 is 11.8 Å². The highest BCUT2D eigenvalue weighted by atomic mass is 32.2. The van der Waals surface area contributed by atoms with E-state index in [4.69, 9.17) is 4.74 Å². The second-order valence-corrected chi connectivity index (χ2v) is 9.36. The van der Waals surface area contributed by atoms with E-state index in [2.05, 4.69) is 22.8 Å². The first kappa shape index (κ1) is 24.6. The predicted molar refractivity (Wildman–Crippen MR) is 129 cm³/mol. The lowest BCUT2D eigenvalue weighted by atomic mass is 9.98. The number of carbonyl (C=O) groups is 3. The molecule has 3 N–H and O–H groups in total. The lowest BCUT2D eigenvalue weighted by Gasteiger charge is -2.23. The molecule has 3 rings (SSSR count). The number of alkyl carbamates (subject to hydrolysis) is 1. The quantitative estimate of drug-likeness (QED) is 0.487. The molecule has 8 heteroatoms. The second kappa shape index (κ2) is 11.2. The molecule has 1 unspecified atom stereocenters. The number of carbonyl (C=O) groups excluding carboxylic acids is 2. The molecule has 1 aliphatic carbocycles. The molecule has 7 nitrogen and oxygen atoms in total. The number of carboxylic acid groups (broad SMARTS) is 1. The van der Waals surface area contributed by atoms with E-state index in [1.807, 2.05) is 42.7 Å². The van der Waals surface area contributed by atoms with Crippen LogP contribution in [-0.4, -0.2) is 53.8 Å². The van der Waals surface area contributed by atoms with Crippen LogP contribution in [0.2, 0.25) is 0 Å². The summed E-state index contributed by atoms with van der Waals surface area (Å²) >= 11 is 1.54. The van der Waals surface area contributed by atoms with Gasteiger partial charge in [-0.1, -0.05) is 62.4 Å². The highest BCUT2D eigenvalue weighted by Crippen LogP contribution is 2.44. The number of carboxylic acids is 1. The maximum atomic E-state index is 12.7. The zero-order valence-corrected chi connectivity index (χ0v) is 19.9. The molecular formula is C25H30N2O5S. The average Bonchev–Trinajstić information content (AvgIpc) is 3.12. The molecule has 33 heavy (non-hydrogen) atoms. The smallest absolute Gasteiger partial charge is 0.407 e. The minimum atomic E-state index is -1.11. The van der Waals surface area contributed by atoms with E-state index in [1.165, 1.54) is 11.8 Å². The Bertz CT molecular complexity index is 964. The number of hydrogen-bond donors (Lipinski definition) is 3. The highest BCUT2D eigenvalue weighted by Gasteiger charge is 2.31. The molecule has 2 amide bonds. The van der Waals surface area contributed by atoms with Gasteiger partial charge in [0.15, 0.2) is 0 Å². The van der Waals surface area contributed by atoms with Crippen molar-refractivity contribution in [3.63, 3.8) is 0 Å². The first-order chi connectivity index (χ1) is 15.8. The van der Waals surface area contributed by atoms with Crippen LogP contribution in [0.15, 0.2) is 48.5 Å². The van der Waals surface area contributed by atoms with Gasteiger partial charge in [0.05, 0.1) is 0 Å². The van der Waals surface area contributed by atoms with E-state index in [1.54, 1.807) is 13.8 Å². The molecule has 2 aromatic rings. The van der Waals surface area contributed by atoms with Crippen molar-refractivity contribution in [1.82, 2.24) is 10.6 Å². The van der Waals surface area contributed by atoms with Gasteiger partial charge in [0.25, 0.3) is 0 Å². The third-order valence-corrected chi connectivity index (χ3v) is 6.44. The molecule has 1 aliphatic rings. The summed E-state index contributed by atoms with van der Waals surface area (Å²) in [6.45, 7) is 3.57. The van der Waals surface area contributed by atoms with Crippen molar-refractivity contribution >= 4 is 29.7 Å². The van der Waals surface area contributed by atoms with Crippen molar-refractivity contribution in [3.8, 4) is 11.1 Å². The summed E-state index contributed by atoms with van der Waals surface area (Å²) in [4.78, 5) is 36.8. The van der Waals surface area contributed by atoms with E-state index in [0.29, 0.717) is 12.2 Å². The number of ether oxygens (including phenoxy) is 1. The summed E-state index contributed by atoms with van der Waals surface area (Å²) in [6.07, 6.45) is 1.56. The van der Waals surface area contributed by atoms with Crippen LogP contribution in [0.4, 0.5) is 4.79 Å². The van der Waals surface area contributed by atoms with Gasteiger partial charge < -0.3 is 20.5 Å². The van der Waals surface area contributed by atoms with Gasteiger partial charge in [-0.2, -0.15) is 11.8 Å². The second-order valence-electron chi connectivity index (χ2n) is 8.37. The summed E-state index contributed by atoms with van der Waals surface area (Å²) in [5, 5.41) is 14.5. The van der Waals surface area contributed by atoms with Gasteiger partial charge in [-0.05, 0) is 46.6 Å². The van der Waals surface area contributed by atoms with Crippen molar-refractivity contribution in [2.45, 2.75) is 38.3 Å². The van der Waals surface area contributed by atoms with E-state index < -0.39 is 30.1 Å². The van der Waals surface area contributed by atoms with Crippen LogP contribution < -0.4 is 10.6 Å². The number of aliphatic carboxylic acids is 1. The lowest BCUT2D eigenvalue weighted by Crippen LogP contribution is -2.53. The molecule has 2 aromatic carbocycles. The van der Waals surface area contributed by atoms with Crippen LogP contribution in [0.5, 0.6) is 0 Å². The van der Waals surface area contributed by atoms with Crippen LogP contribution in [-0.2, 0) is 14.3 Å². The maximum absolute atomic E-state index is 12.7. The van der Waals surface area contributed by atoms with Gasteiger partial charge >= 0.3 is 12.1 Å². The molecule has 0 aliphatic heterocycles. The monoisotopic (exact) mass is 470 g/mol. The van der Waals surface area contributed by atoms with Gasteiger partial charge in [-0.25, -0.2) is 9.59 Å². The summed E-state index contributed by atoms with van der Waals surface area (Å²) in [6, 6.07) is 14.2. The summed E-state index contributed by atoms with van der Waals surface area (Å²) in [7, 11) is 0. The largest absolute Gasteiger partial charge is 0.480 e. The summed E-state index contributed by atoms with van der Waals surface area (Å²) in [5.74, 6) is -1.39. The van der Waals surface area contributed by atoms with Crippen molar-refractivity contribution < 1.29 is 24.2 Å². The molecule has 0 saturated carbocycles. The zero-order chi connectivity index (χ0) is 24.0. The Morgan fingerprint density at radius 3 is 2.09 bits per heavy atom. The third-order valence-electron chi connectivity index (χ3n) is 5.79.